The molecule has 0 unspecified atom stereocenters. The third kappa shape index (κ3) is 3.43. The second-order valence-corrected chi connectivity index (χ2v) is 9.52. The van der Waals surface area contributed by atoms with Crippen molar-refractivity contribution in [3.05, 3.63) is 30.5 Å². The molecule has 7 nitrogen and oxygen atoms in total. The number of morpholine rings is 1. The van der Waals surface area contributed by atoms with Gasteiger partial charge >= 0.3 is 0 Å². The molecule has 2 aliphatic rings. The topological polar surface area (TPSA) is 84.8 Å². The van der Waals surface area contributed by atoms with Gasteiger partial charge in [-0.05, 0) is 18.9 Å². The summed E-state index contributed by atoms with van der Waals surface area (Å²) in [6, 6.07) is 7.92. The van der Waals surface area contributed by atoms with Crippen molar-refractivity contribution >= 4 is 32.5 Å². The molecular formula is C18H22N4O3S. The lowest BCUT2D eigenvalue weighted by Crippen LogP contribution is -2.55. The Kier molecular flexibility index (Phi) is 4.40. The van der Waals surface area contributed by atoms with Gasteiger partial charge in [0.1, 0.15) is 0 Å². The first-order valence-corrected chi connectivity index (χ1v) is 10.7. The average molecular weight is 374 g/mol. The van der Waals surface area contributed by atoms with Crippen LogP contribution in [0.1, 0.15) is 19.8 Å². The maximum atomic E-state index is 12.7. The summed E-state index contributed by atoms with van der Waals surface area (Å²) in [6.45, 7) is 3.34. The van der Waals surface area contributed by atoms with Gasteiger partial charge in [-0.15, -0.1) is 0 Å². The second-order valence-electron chi connectivity index (χ2n) is 6.97. The highest BCUT2D eigenvalue weighted by Gasteiger charge is 2.42. The van der Waals surface area contributed by atoms with Crippen molar-refractivity contribution in [1.82, 2.24) is 9.97 Å². The first kappa shape index (κ1) is 17.4. The standard InChI is InChI=1S/C18H22N4O3S/c1-14(23)21-26(24)10-6-18(7-11-26)13-22(8-9-25-18)17-19-12-15-4-2-3-5-16(15)20-17/h2-5,12H,6-11,13H2,1H3. The Hall–Kier alpha value is -2.06. The normalized spacial score (nSPS) is 29.0. The van der Waals surface area contributed by atoms with Gasteiger partial charge in [0.05, 0.1) is 34.0 Å². The summed E-state index contributed by atoms with van der Waals surface area (Å²) in [5, 5.41) is 1.02. The molecule has 0 atom stereocenters. The highest BCUT2D eigenvalue weighted by molar-refractivity contribution is 7.93. The summed E-state index contributed by atoms with van der Waals surface area (Å²) in [5.74, 6) is 1.14. The van der Waals surface area contributed by atoms with Crippen molar-refractivity contribution in [2.45, 2.75) is 25.4 Å². The summed E-state index contributed by atoms with van der Waals surface area (Å²) in [4.78, 5) is 22.6. The number of fused-ring (bicyclic) bond motifs is 1. The first-order chi connectivity index (χ1) is 12.5. The van der Waals surface area contributed by atoms with Crippen molar-refractivity contribution in [1.29, 1.82) is 0 Å². The van der Waals surface area contributed by atoms with Gasteiger partial charge in [0, 0.05) is 36.6 Å². The number of ether oxygens (including phenoxy) is 1. The van der Waals surface area contributed by atoms with E-state index in [1.807, 2.05) is 30.5 Å². The van der Waals surface area contributed by atoms with Gasteiger partial charge in [0.15, 0.2) is 0 Å². The molecule has 8 heteroatoms. The van der Waals surface area contributed by atoms with E-state index < -0.39 is 9.73 Å². The minimum absolute atomic E-state index is 0.360. The van der Waals surface area contributed by atoms with Crippen LogP contribution in [0.3, 0.4) is 0 Å². The lowest BCUT2D eigenvalue weighted by Gasteiger charge is -2.45. The number of benzene rings is 1. The maximum absolute atomic E-state index is 12.7. The molecule has 2 saturated heterocycles. The van der Waals surface area contributed by atoms with Crippen molar-refractivity contribution in [3.8, 4) is 0 Å². The van der Waals surface area contributed by atoms with Gasteiger partial charge in [-0.2, -0.15) is 4.36 Å². The molecule has 0 saturated carbocycles. The number of nitrogens with zero attached hydrogens (tertiary/aromatic N) is 4. The fourth-order valence-electron chi connectivity index (χ4n) is 3.68. The van der Waals surface area contributed by atoms with E-state index in [4.69, 9.17) is 4.74 Å². The van der Waals surface area contributed by atoms with Gasteiger partial charge in [0.2, 0.25) is 5.95 Å². The number of rotatable bonds is 1. The Labute approximate surface area is 153 Å². The molecule has 138 valence electrons. The van der Waals surface area contributed by atoms with Crippen LogP contribution in [0, 0.1) is 0 Å². The summed E-state index contributed by atoms with van der Waals surface area (Å²) in [5.41, 5.74) is 0.561. The van der Waals surface area contributed by atoms with Gasteiger partial charge < -0.3 is 9.64 Å². The highest BCUT2D eigenvalue weighted by Crippen LogP contribution is 2.33. The number of carbonyl (C=O) groups is 1. The van der Waals surface area contributed by atoms with E-state index in [2.05, 4.69) is 19.2 Å². The molecule has 26 heavy (non-hydrogen) atoms. The molecule has 2 aromatic rings. The summed E-state index contributed by atoms with van der Waals surface area (Å²) < 4.78 is 22.6. The fraction of sp³-hybridized carbons (Fsp3) is 0.500. The number of anilines is 1. The lowest BCUT2D eigenvalue weighted by molar-refractivity contribution is -0.115. The number of para-hydroxylation sites is 1. The largest absolute Gasteiger partial charge is 0.371 e. The van der Waals surface area contributed by atoms with Crippen LogP contribution in [0.15, 0.2) is 34.8 Å². The van der Waals surface area contributed by atoms with Gasteiger partial charge in [-0.3, -0.25) is 4.79 Å². The van der Waals surface area contributed by atoms with E-state index in [1.165, 1.54) is 6.92 Å². The molecule has 0 bridgehead atoms. The fourth-order valence-corrected chi connectivity index (χ4v) is 5.91. The smallest absolute Gasteiger partial charge is 0.250 e. The molecule has 1 aromatic carbocycles. The molecule has 3 heterocycles. The van der Waals surface area contributed by atoms with Crippen molar-refractivity contribution in [3.63, 3.8) is 0 Å². The summed E-state index contributed by atoms with van der Waals surface area (Å²) in [7, 11) is -2.43. The monoisotopic (exact) mass is 374 g/mol. The van der Waals surface area contributed by atoms with Crippen LogP contribution in [-0.4, -0.2) is 56.9 Å². The van der Waals surface area contributed by atoms with Crippen LogP contribution in [0.2, 0.25) is 0 Å². The molecule has 1 spiro atoms. The zero-order valence-corrected chi connectivity index (χ0v) is 15.6. The van der Waals surface area contributed by atoms with Crippen LogP contribution in [-0.2, 0) is 19.3 Å². The molecule has 4 rings (SSSR count). The molecular weight excluding hydrogens is 352 g/mol. The molecule has 1 amide bonds. The highest BCUT2D eigenvalue weighted by atomic mass is 32.2. The van der Waals surface area contributed by atoms with Crippen LogP contribution < -0.4 is 4.90 Å². The van der Waals surface area contributed by atoms with Gasteiger partial charge in [-0.1, -0.05) is 18.2 Å². The van der Waals surface area contributed by atoms with E-state index in [-0.39, 0.29) is 11.5 Å². The zero-order chi connectivity index (χ0) is 18.2. The molecule has 1 aromatic heterocycles. The van der Waals surface area contributed by atoms with Crippen molar-refractivity contribution in [2.75, 3.05) is 36.1 Å². The predicted molar refractivity (Wildman–Crippen MR) is 101 cm³/mol. The number of carbonyl (C=O) groups excluding carboxylic acids is 1. The average Bonchev–Trinajstić information content (AvgIpc) is 2.64. The van der Waals surface area contributed by atoms with Crippen molar-refractivity contribution < 1.29 is 13.7 Å². The quantitative estimate of drug-likeness (QED) is 0.759. The molecule has 0 N–H and O–H groups in total. The van der Waals surface area contributed by atoms with E-state index in [0.29, 0.717) is 43.4 Å². The lowest BCUT2D eigenvalue weighted by atomic mass is 9.94. The van der Waals surface area contributed by atoms with Crippen LogP contribution >= 0.6 is 0 Å². The minimum atomic E-state index is -2.43. The third-order valence-corrected chi connectivity index (χ3v) is 7.33. The number of hydrogen-bond acceptors (Lipinski definition) is 6. The van der Waals surface area contributed by atoms with Crippen LogP contribution in [0.25, 0.3) is 10.9 Å². The van der Waals surface area contributed by atoms with E-state index >= 15 is 0 Å². The van der Waals surface area contributed by atoms with Crippen molar-refractivity contribution in [2.24, 2.45) is 4.36 Å². The third-order valence-electron chi connectivity index (χ3n) is 5.06. The Bertz CT molecular complexity index is 954. The molecule has 2 fully saturated rings. The van der Waals surface area contributed by atoms with E-state index in [0.717, 1.165) is 17.4 Å². The predicted octanol–water partition coefficient (Wildman–Crippen LogP) is 2.01. The second kappa shape index (κ2) is 6.59. The summed E-state index contributed by atoms with van der Waals surface area (Å²) >= 11 is 0. The Morgan fingerprint density at radius 2 is 2.08 bits per heavy atom. The van der Waals surface area contributed by atoms with Gasteiger partial charge in [-0.25, -0.2) is 14.2 Å². The number of aromatic nitrogens is 2. The van der Waals surface area contributed by atoms with E-state index in [1.54, 1.807) is 0 Å². The minimum Gasteiger partial charge on any atom is -0.371 e. The Balaban J connectivity index is 1.54. The zero-order valence-electron chi connectivity index (χ0n) is 14.8. The SMILES string of the molecule is CC(=O)N=S1(=O)CCC2(CC1)CN(c1ncc3ccccc3n1)CCO2. The number of amides is 1. The molecule has 0 aliphatic carbocycles. The van der Waals surface area contributed by atoms with E-state index in [9.17, 15) is 9.00 Å². The summed E-state index contributed by atoms with van der Waals surface area (Å²) in [6.07, 6.45) is 3.11. The first-order valence-electron chi connectivity index (χ1n) is 8.81. The van der Waals surface area contributed by atoms with Gasteiger partial charge in [0.25, 0.3) is 5.91 Å². The van der Waals surface area contributed by atoms with Crippen LogP contribution in [0.5, 0.6) is 0 Å². The maximum Gasteiger partial charge on any atom is 0.250 e. The number of hydrogen-bond donors (Lipinski definition) is 0. The van der Waals surface area contributed by atoms with Crippen LogP contribution in [0.4, 0.5) is 5.95 Å². The molecule has 2 aliphatic heterocycles. The Morgan fingerprint density at radius 3 is 2.85 bits per heavy atom. The molecule has 0 radical (unpaired) electrons. The Morgan fingerprint density at radius 1 is 1.31 bits per heavy atom.